The summed E-state index contributed by atoms with van der Waals surface area (Å²) >= 11 is 0. The molecule has 1 saturated carbocycles. The fraction of sp³-hybridized carbons (Fsp3) is 0.950. The lowest BCUT2D eigenvalue weighted by Crippen LogP contribution is -2.37. The van der Waals surface area contributed by atoms with E-state index in [9.17, 15) is 4.79 Å². The first-order valence-corrected chi connectivity index (χ1v) is 10.1. The lowest BCUT2D eigenvalue weighted by Gasteiger charge is -2.22. The molecule has 134 valence electrons. The number of carbonyl (C=O) groups is 1. The smallest absolute Gasteiger partial charge is 0.341 e. The molecule has 0 aromatic heterocycles. The summed E-state index contributed by atoms with van der Waals surface area (Å²) in [5, 5.41) is 0. The molecule has 3 nitrogen and oxygen atoms in total. The molecule has 1 aliphatic heterocycles. The highest BCUT2D eigenvalue weighted by Gasteiger charge is 2.74. The van der Waals surface area contributed by atoms with Crippen molar-refractivity contribution < 1.29 is 14.3 Å². The highest BCUT2D eigenvalue weighted by Crippen LogP contribution is 2.59. The van der Waals surface area contributed by atoms with Crippen molar-refractivity contribution in [1.29, 1.82) is 0 Å². The third kappa shape index (κ3) is 4.49. The molecule has 1 aliphatic carbocycles. The summed E-state index contributed by atoms with van der Waals surface area (Å²) in [5.41, 5.74) is -0.760. The number of unbranched alkanes of at least 4 members (excludes halogenated alkanes) is 7. The molecular formula is C20H36O3. The van der Waals surface area contributed by atoms with Gasteiger partial charge in [0.15, 0.2) is 5.60 Å². The highest BCUT2D eigenvalue weighted by atomic mass is 16.7. The van der Waals surface area contributed by atoms with E-state index in [1.165, 1.54) is 64.2 Å². The first-order chi connectivity index (χ1) is 11.2. The van der Waals surface area contributed by atoms with Crippen molar-refractivity contribution in [2.75, 3.05) is 6.61 Å². The Balaban J connectivity index is 1.73. The van der Waals surface area contributed by atoms with E-state index in [-0.39, 0.29) is 11.6 Å². The van der Waals surface area contributed by atoms with Crippen LogP contribution in [0.4, 0.5) is 0 Å². The van der Waals surface area contributed by atoms with Gasteiger partial charge in [0.05, 0.1) is 6.61 Å². The molecule has 0 aromatic carbocycles. The van der Waals surface area contributed by atoms with Gasteiger partial charge in [-0.1, -0.05) is 71.1 Å². The summed E-state index contributed by atoms with van der Waals surface area (Å²) in [6.45, 7) is 4.60. The number of esters is 1. The largest absolute Gasteiger partial charge is 0.464 e. The van der Waals surface area contributed by atoms with E-state index >= 15 is 0 Å². The average Bonchev–Trinajstić information content (AvgIpc) is 3.18. The zero-order valence-corrected chi connectivity index (χ0v) is 15.3. The number of carbonyl (C=O) groups excluding carboxylic acids is 1. The summed E-state index contributed by atoms with van der Waals surface area (Å²) < 4.78 is 11.5. The van der Waals surface area contributed by atoms with Crippen LogP contribution in [-0.4, -0.2) is 23.8 Å². The first-order valence-electron chi connectivity index (χ1n) is 10.1. The Labute approximate surface area is 142 Å². The van der Waals surface area contributed by atoms with Gasteiger partial charge < -0.3 is 9.47 Å². The third-order valence-corrected chi connectivity index (χ3v) is 5.71. The molecule has 0 bridgehead atoms. The number of epoxide rings is 1. The second-order valence-corrected chi connectivity index (χ2v) is 7.43. The molecule has 1 unspecified atom stereocenters. The van der Waals surface area contributed by atoms with Crippen molar-refractivity contribution in [2.45, 2.75) is 115 Å². The van der Waals surface area contributed by atoms with Gasteiger partial charge in [-0.3, -0.25) is 0 Å². The zero-order chi connectivity index (χ0) is 16.6. The Morgan fingerprint density at radius 1 is 0.913 bits per heavy atom. The SMILES string of the molecule is CCCCCCCCCCC1(C(=O)OCC)OC12CCCCC2. The van der Waals surface area contributed by atoms with Crippen LogP contribution in [0.1, 0.15) is 104 Å². The van der Waals surface area contributed by atoms with Crippen molar-refractivity contribution in [1.82, 2.24) is 0 Å². The lowest BCUT2D eigenvalue weighted by atomic mass is 9.77. The van der Waals surface area contributed by atoms with E-state index < -0.39 is 5.60 Å². The molecule has 0 aromatic rings. The quantitative estimate of drug-likeness (QED) is 0.284. The Bertz CT molecular complexity index is 360. The van der Waals surface area contributed by atoms with E-state index in [1.807, 2.05) is 6.92 Å². The topological polar surface area (TPSA) is 38.8 Å². The van der Waals surface area contributed by atoms with Crippen LogP contribution in [0.2, 0.25) is 0 Å². The Hall–Kier alpha value is -0.570. The van der Waals surface area contributed by atoms with Crippen molar-refractivity contribution >= 4 is 5.97 Å². The molecule has 0 amide bonds. The molecule has 2 aliphatic rings. The summed E-state index contributed by atoms with van der Waals surface area (Å²) in [7, 11) is 0. The van der Waals surface area contributed by atoms with Gasteiger partial charge >= 0.3 is 5.97 Å². The molecule has 0 N–H and O–H groups in total. The van der Waals surface area contributed by atoms with Crippen molar-refractivity contribution in [3.05, 3.63) is 0 Å². The average molecular weight is 325 g/mol. The van der Waals surface area contributed by atoms with Gasteiger partial charge in [-0.2, -0.15) is 0 Å². The van der Waals surface area contributed by atoms with Crippen molar-refractivity contribution in [3.8, 4) is 0 Å². The van der Waals surface area contributed by atoms with Crippen molar-refractivity contribution in [2.24, 2.45) is 0 Å². The van der Waals surface area contributed by atoms with Gasteiger partial charge in [0.1, 0.15) is 5.60 Å². The molecule has 1 heterocycles. The normalized spacial score (nSPS) is 25.5. The number of rotatable bonds is 11. The summed E-state index contributed by atoms with van der Waals surface area (Å²) in [5.74, 6) is -0.0927. The summed E-state index contributed by atoms with van der Waals surface area (Å²) in [6.07, 6.45) is 16.9. The molecule has 0 radical (unpaired) electrons. The van der Waals surface area contributed by atoms with Crippen LogP contribution in [0, 0.1) is 0 Å². The maximum Gasteiger partial charge on any atom is 0.341 e. The standard InChI is InChI=1S/C20H36O3/c1-3-5-6-7-8-9-10-14-17-20(18(21)22-4-2)19(23-20)15-12-11-13-16-19/h3-17H2,1-2H3. The molecule has 23 heavy (non-hydrogen) atoms. The minimum absolute atomic E-state index is 0.0927. The lowest BCUT2D eigenvalue weighted by molar-refractivity contribution is -0.150. The summed E-state index contributed by atoms with van der Waals surface area (Å²) in [6, 6.07) is 0. The van der Waals surface area contributed by atoms with Gasteiger partial charge in [0.25, 0.3) is 0 Å². The molecule has 1 spiro atoms. The van der Waals surface area contributed by atoms with Gasteiger partial charge in [-0.15, -0.1) is 0 Å². The molecule has 1 saturated heterocycles. The number of hydrogen-bond acceptors (Lipinski definition) is 3. The first kappa shape index (κ1) is 18.8. The van der Waals surface area contributed by atoms with Gasteiger partial charge in [0.2, 0.25) is 0 Å². The van der Waals surface area contributed by atoms with Gasteiger partial charge in [-0.05, 0) is 32.6 Å². The van der Waals surface area contributed by atoms with E-state index in [2.05, 4.69) is 6.92 Å². The monoisotopic (exact) mass is 324 g/mol. The Kier molecular flexibility index (Phi) is 7.39. The van der Waals surface area contributed by atoms with Crippen LogP contribution < -0.4 is 0 Å². The Morgan fingerprint density at radius 3 is 2.13 bits per heavy atom. The fourth-order valence-corrected chi connectivity index (χ4v) is 4.30. The van der Waals surface area contributed by atoms with E-state index in [4.69, 9.17) is 9.47 Å². The van der Waals surface area contributed by atoms with Crippen LogP contribution in [0.25, 0.3) is 0 Å². The molecule has 3 heteroatoms. The van der Waals surface area contributed by atoms with Crippen molar-refractivity contribution in [3.63, 3.8) is 0 Å². The predicted molar refractivity (Wildman–Crippen MR) is 93.5 cm³/mol. The van der Waals surface area contributed by atoms with E-state index in [0.717, 1.165) is 25.7 Å². The van der Waals surface area contributed by atoms with Gasteiger partial charge in [0, 0.05) is 0 Å². The minimum atomic E-state index is -0.592. The fourth-order valence-electron chi connectivity index (χ4n) is 4.30. The molecule has 1 atom stereocenters. The molecular weight excluding hydrogens is 288 g/mol. The van der Waals surface area contributed by atoms with Crippen LogP contribution in [0.15, 0.2) is 0 Å². The summed E-state index contributed by atoms with van der Waals surface area (Å²) in [4.78, 5) is 12.5. The highest BCUT2D eigenvalue weighted by molar-refractivity contribution is 5.85. The Morgan fingerprint density at radius 2 is 1.52 bits per heavy atom. The maximum absolute atomic E-state index is 12.5. The van der Waals surface area contributed by atoms with Crippen LogP contribution in [-0.2, 0) is 14.3 Å². The molecule has 2 fully saturated rings. The van der Waals surface area contributed by atoms with E-state index in [1.54, 1.807) is 0 Å². The third-order valence-electron chi connectivity index (χ3n) is 5.71. The minimum Gasteiger partial charge on any atom is -0.464 e. The van der Waals surface area contributed by atoms with Gasteiger partial charge in [-0.25, -0.2) is 4.79 Å². The second-order valence-electron chi connectivity index (χ2n) is 7.43. The predicted octanol–water partition coefficient (Wildman–Crippen LogP) is 5.55. The molecule has 2 rings (SSSR count). The maximum atomic E-state index is 12.5. The number of ether oxygens (including phenoxy) is 2. The van der Waals surface area contributed by atoms with Crippen LogP contribution in [0.3, 0.4) is 0 Å². The number of hydrogen-bond donors (Lipinski definition) is 0. The van der Waals surface area contributed by atoms with Crippen LogP contribution >= 0.6 is 0 Å². The second kappa shape index (κ2) is 9.05. The zero-order valence-electron chi connectivity index (χ0n) is 15.3. The van der Waals surface area contributed by atoms with E-state index in [0.29, 0.717) is 6.61 Å². The van der Waals surface area contributed by atoms with Crippen LogP contribution in [0.5, 0.6) is 0 Å².